The molecule has 0 aromatic heterocycles. The molecule has 0 fully saturated rings. The van der Waals surface area contributed by atoms with Crippen LogP contribution in [0.25, 0.3) is 11.1 Å². The van der Waals surface area contributed by atoms with Gasteiger partial charge in [-0.15, -0.1) is 0 Å². The zero-order valence-electron chi connectivity index (χ0n) is 11.6. The van der Waals surface area contributed by atoms with Crippen LogP contribution in [0.15, 0.2) is 42.5 Å². The van der Waals surface area contributed by atoms with Gasteiger partial charge in [-0.3, -0.25) is 4.79 Å². The van der Waals surface area contributed by atoms with Crippen molar-refractivity contribution in [3.8, 4) is 11.1 Å². The van der Waals surface area contributed by atoms with Gasteiger partial charge in [-0.1, -0.05) is 31.2 Å². The summed E-state index contributed by atoms with van der Waals surface area (Å²) < 4.78 is 26.6. The van der Waals surface area contributed by atoms with Gasteiger partial charge in [-0.2, -0.15) is 0 Å². The Morgan fingerprint density at radius 2 is 1.81 bits per heavy atom. The zero-order valence-corrected chi connectivity index (χ0v) is 11.6. The van der Waals surface area contributed by atoms with Crippen LogP contribution in [0.3, 0.4) is 0 Å². The Bertz CT molecular complexity index is 636. The van der Waals surface area contributed by atoms with Crippen molar-refractivity contribution in [2.75, 3.05) is 0 Å². The fourth-order valence-electron chi connectivity index (χ4n) is 2.08. The van der Waals surface area contributed by atoms with Crippen molar-refractivity contribution < 1.29 is 18.7 Å². The van der Waals surface area contributed by atoms with E-state index in [9.17, 15) is 13.6 Å². The van der Waals surface area contributed by atoms with Crippen molar-refractivity contribution in [3.05, 3.63) is 59.7 Å². The number of aryl methyl sites for hydroxylation is 1. The van der Waals surface area contributed by atoms with E-state index in [0.29, 0.717) is 24.0 Å². The topological polar surface area (TPSA) is 37.3 Å². The number of hydrogen-bond acceptors (Lipinski definition) is 1. The van der Waals surface area contributed by atoms with Crippen molar-refractivity contribution in [2.45, 2.75) is 19.8 Å². The van der Waals surface area contributed by atoms with Gasteiger partial charge in [0.15, 0.2) is 0 Å². The van der Waals surface area contributed by atoms with E-state index < -0.39 is 17.6 Å². The lowest BCUT2D eigenvalue weighted by Crippen LogP contribution is -2.10. The van der Waals surface area contributed by atoms with Gasteiger partial charge in [0.2, 0.25) is 0 Å². The largest absolute Gasteiger partial charge is 0.481 e. The SMILES string of the molecule is CC(CCc1ccc(-c2ccc(F)cc2F)cc1)C(=O)O. The zero-order chi connectivity index (χ0) is 15.4. The highest BCUT2D eigenvalue weighted by Crippen LogP contribution is 2.24. The van der Waals surface area contributed by atoms with Gasteiger partial charge in [-0.25, -0.2) is 8.78 Å². The summed E-state index contributed by atoms with van der Waals surface area (Å²) in [6, 6.07) is 10.7. The summed E-state index contributed by atoms with van der Waals surface area (Å²) in [6.45, 7) is 1.67. The summed E-state index contributed by atoms with van der Waals surface area (Å²) in [5, 5.41) is 8.83. The third-order valence-corrected chi connectivity index (χ3v) is 3.48. The normalized spacial score (nSPS) is 12.1. The second-order valence-electron chi connectivity index (χ2n) is 5.10. The Morgan fingerprint density at radius 1 is 1.14 bits per heavy atom. The predicted molar refractivity (Wildman–Crippen MR) is 76.9 cm³/mol. The van der Waals surface area contributed by atoms with E-state index in [0.717, 1.165) is 11.6 Å². The van der Waals surface area contributed by atoms with Crippen LogP contribution in [0.4, 0.5) is 8.78 Å². The molecule has 2 nitrogen and oxygen atoms in total. The molecule has 0 aliphatic rings. The fraction of sp³-hybridized carbons (Fsp3) is 0.235. The molecule has 0 saturated heterocycles. The molecule has 0 aliphatic carbocycles. The van der Waals surface area contributed by atoms with Gasteiger partial charge < -0.3 is 5.11 Å². The fourth-order valence-corrected chi connectivity index (χ4v) is 2.08. The van der Waals surface area contributed by atoms with E-state index in [2.05, 4.69) is 0 Å². The lowest BCUT2D eigenvalue weighted by molar-refractivity contribution is -0.141. The highest BCUT2D eigenvalue weighted by atomic mass is 19.1. The lowest BCUT2D eigenvalue weighted by Gasteiger charge is -2.08. The van der Waals surface area contributed by atoms with E-state index in [4.69, 9.17) is 5.11 Å². The minimum Gasteiger partial charge on any atom is -0.481 e. The van der Waals surface area contributed by atoms with E-state index in [1.54, 1.807) is 19.1 Å². The average molecular weight is 290 g/mol. The summed E-state index contributed by atoms with van der Waals surface area (Å²) in [7, 11) is 0. The summed E-state index contributed by atoms with van der Waals surface area (Å²) in [5.74, 6) is -2.39. The molecule has 1 atom stereocenters. The summed E-state index contributed by atoms with van der Waals surface area (Å²) in [6.07, 6.45) is 1.21. The first-order chi connectivity index (χ1) is 9.97. The quantitative estimate of drug-likeness (QED) is 0.892. The number of halogens is 2. The van der Waals surface area contributed by atoms with E-state index >= 15 is 0 Å². The van der Waals surface area contributed by atoms with Gasteiger partial charge in [-0.05, 0) is 36.1 Å². The minimum atomic E-state index is -0.806. The molecule has 0 radical (unpaired) electrons. The van der Waals surface area contributed by atoms with Crippen molar-refractivity contribution >= 4 is 5.97 Å². The third-order valence-electron chi connectivity index (χ3n) is 3.48. The molecule has 4 heteroatoms. The number of carbonyl (C=O) groups is 1. The lowest BCUT2D eigenvalue weighted by atomic mass is 9.98. The van der Waals surface area contributed by atoms with Gasteiger partial charge in [0.25, 0.3) is 0 Å². The summed E-state index contributed by atoms with van der Waals surface area (Å²) in [4.78, 5) is 10.8. The Kier molecular flexibility index (Phi) is 4.68. The van der Waals surface area contributed by atoms with Crippen molar-refractivity contribution in [1.82, 2.24) is 0 Å². The Hall–Kier alpha value is -2.23. The highest BCUT2D eigenvalue weighted by molar-refractivity contribution is 5.69. The summed E-state index contributed by atoms with van der Waals surface area (Å²) in [5.41, 5.74) is 2.01. The van der Waals surface area contributed by atoms with Crippen LogP contribution >= 0.6 is 0 Å². The third kappa shape index (κ3) is 3.88. The van der Waals surface area contributed by atoms with Gasteiger partial charge in [0, 0.05) is 11.6 Å². The highest BCUT2D eigenvalue weighted by Gasteiger charge is 2.11. The van der Waals surface area contributed by atoms with Crippen LogP contribution in [0.5, 0.6) is 0 Å². The van der Waals surface area contributed by atoms with Crippen LogP contribution in [0.2, 0.25) is 0 Å². The molecular formula is C17H16F2O2. The van der Waals surface area contributed by atoms with E-state index in [1.807, 2.05) is 12.1 Å². The maximum absolute atomic E-state index is 13.7. The van der Waals surface area contributed by atoms with Crippen LogP contribution in [0.1, 0.15) is 18.9 Å². The van der Waals surface area contributed by atoms with Crippen molar-refractivity contribution in [3.63, 3.8) is 0 Å². The van der Waals surface area contributed by atoms with Crippen molar-refractivity contribution in [2.24, 2.45) is 5.92 Å². The number of rotatable bonds is 5. The van der Waals surface area contributed by atoms with E-state index in [-0.39, 0.29) is 5.92 Å². The number of benzene rings is 2. The first-order valence-corrected chi connectivity index (χ1v) is 6.74. The Balaban J connectivity index is 2.10. The van der Waals surface area contributed by atoms with Crippen LogP contribution in [0, 0.1) is 17.6 Å². The monoisotopic (exact) mass is 290 g/mol. The van der Waals surface area contributed by atoms with Gasteiger partial charge >= 0.3 is 5.97 Å². The predicted octanol–water partition coefficient (Wildman–Crippen LogP) is 4.29. The Labute approximate surface area is 122 Å². The van der Waals surface area contributed by atoms with Gasteiger partial charge in [0.1, 0.15) is 11.6 Å². The number of aliphatic carboxylic acids is 1. The molecule has 0 bridgehead atoms. The smallest absolute Gasteiger partial charge is 0.306 e. The van der Waals surface area contributed by atoms with E-state index in [1.165, 1.54) is 12.1 Å². The molecule has 0 aliphatic heterocycles. The summed E-state index contributed by atoms with van der Waals surface area (Å²) >= 11 is 0. The molecule has 0 saturated carbocycles. The van der Waals surface area contributed by atoms with Crippen molar-refractivity contribution in [1.29, 1.82) is 0 Å². The van der Waals surface area contributed by atoms with Crippen LogP contribution in [-0.4, -0.2) is 11.1 Å². The second kappa shape index (κ2) is 6.48. The number of carboxylic acid groups (broad SMARTS) is 1. The molecule has 2 aromatic carbocycles. The molecule has 0 spiro atoms. The molecular weight excluding hydrogens is 274 g/mol. The van der Waals surface area contributed by atoms with Crippen LogP contribution in [-0.2, 0) is 11.2 Å². The maximum Gasteiger partial charge on any atom is 0.306 e. The van der Waals surface area contributed by atoms with Gasteiger partial charge in [0.05, 0.1) is 5.92 Å². The second-order valence-corrected chi connectivity index (χ2v) is 5.10. The molecule has 21 heavy (non-hydrogen) atoms. The molecule has 0 amide bonds. The maximum atomic E-state index is 13.7. The average Bonchev–Trinajstić information content (AvgIpc) is 2.45. The first kappa shape index (κ1) is 15.2. The minimum absolute atomic E-state index is 0.349. The Morgan fingerprint density at radius 3 is 2.38 bits per heavy atom. The molecule has 2 rings (SSSR count). The number of hydrogen-bond donors (Lipinski definition) is 1. The molecule has 0 heterocycles. The number of carboxylic acids is 1. The molecule has 1 N–H and O–H groups in total. The standard InChI is InChI=1S/C17H16F2O2/c1-11(17(20)21)2-3-12-4-6-13(7-5-12)15-9-8-14(18)10-16(15)19/h4-11H,2-3H2,1H3,(H,20,21). The molecule has 110 valence electrons. The first-order valence-electron chi connectivity index (χ1n) is 6.74. The molecule has 1 unspecified atom stereocenters. The molecule has 2 aromatic rings. The van der Waals surface area contributed by atoms with Crippen LogP contribution < -0.4 is 0 Å².